The van der Waals surface area contributed by atoms with Crippen molar-refractivity contribution in [1.29, 1.82) is 0 Å². The molecule has 0 amide bonds. The number of aryl methyl sites for hydroxylation is 1. The molecule has 1 aliphatic carbocycles. The molecular formula is C27H32N8O2S. The fourth-order valence-electron chi connectivity index (χ4n) is 4.45. The zero-order chi connectivity index (χ0) is 26.8. The van der Waals surface area contributed by atoms with E-state index in [-0.39, 0.29) is 24.0 Å². The standard InChI is InChI=1S/C27H32N8O2S/c1-5-15(3)35-26-23(33-25(27(35)37)29-11-18-9-10-19(12-28-18)38-6-2)20(13-36)32-24(34-26)21-16(4)30-14-31-22(21)17-7-8-17/h9-10,12,14-15,17,36H,5-8,11,13H2,1-4H3,(H,29,33)/t15-/m1/s1. The molecule has 1 fully saturated rings. The maximum atomic E-state index is 13.7. The predicted molar refractivity (Wildman–Crippen MR) is 148 cm³/mol. The van der Waals surface area contributed by atoms with E-state index < -0.39 is 0 Å². The van der Waals surface area contributed by atoms with Crippen molar-refractivity contribution in [2.45, 2.75) is 77.0 Å². The minimum absolute atomic E-state index is 0.151. The number of pyridine rings is 1. The fraction of sp³-hybridized carbons (Fsp3) is 0.444. The molecule has 4 aromatic heterocycles. The molecular weight excluding hydrogens is 500 g/mol. The van der Waals surface area contributed by atoms with E-state index in [1.807, 2.05) is 39.1 Å². The van der Waals surface area contributed by atoms with Crippen LogP contribution in [0, 0.1) is 6.92 Å². The Morgan fingerprint density at radius 1 is 1.16 bits per heavy atom. The number of nitrogens with zero attached hydrogens (tertiary/aromatic N) is 7. The van der Waals surface area contributed by atoms with E-state index in [4.69, 9.17) is 9.97 Å². The van der Waals surface area contributed by atoms with Crippen molar-refractivity contribution >= 4 is 28.7 Å². The molecule has 0 saturated heterocycles. The van der Waals surface area contributed by atoms with Crippen LogP contribution in [0.25, 0.3) is 22.6 Å². The summed E-state index contributed by atoms with van der Waals surface area (Å²) in [4.78, 5) is 42.4. The van der Waals surface area contributed by atoms with E-state index in [2.05, 4.69) is 32.2 Å². The van der Waals surface area contributed by atoms with Crippen molar-refractivity contribution in [2.24, 2.45) is 0 Å². The number of aromatic nitrogens is 7. The van der Waals surface area contributed by atoms with Gasteiger partial charge in [-0.25, -0.2) is 24.9 Å². The van der Waals surface area contributed by atoms with Gasteiger partial charge in [-0.3, -0.25) is 14.3 Å². The molecule has 0 aliphatic heterocycles. The molecule has 4 heterocycles. The molecule has 4 aromatic rings. The second-order valence-electron chi connectivity index (χ2n) is 9.48. The number of hydrogen-bond acceptors (Lipinski definition) is 10. The van der Waals surface area contributed by atoms with Crippen LogP contribution in [-0.2, 0) is 13.2 Å². The Hall–Kier alpha value is -3.44. The van der Waals surface area contributed by atoms with Crippen LogP contribution in [0.1, 0.15) is 74.8 Å². The van der Waals surface area contributed by atoms with Gasteiger partial charge in [-0.15, -0.1) is 11.8 Å². The van der Waals surface area contributed by atoms with E-state index >= 15 is 0 Å². The van der Waals surface area contributed by atoms with E-state index in [1.165, 1.54) is 0 Å². The van der Waals surface area contributed by atoms with Crippen molar-refractivity contribution < 1.29 is 5.11 Å². The Morgan fingerprint density at radius 3 is 2.63 bits per heavy atom. The third kappa shape index (κ3) is 5.12. The van der Waals surface area contributed by atoms with Gasteiger partial charge in [-0.2, -0.15) is 0 Å². The van der Waals surface area contributed by atoms with Gasteiger partial charge < -0.3 is 10.4 Å². The molecule has 1 atom stereocenters. The normalized spacial score (nSPS) is 14.1. The Labute approximate surface area is 225 Å². The van der Waals surface area contributed by atoms with E-state index in [0.717, 1.165) is 46.1 Å². The summed E-state index contributed by atoms with van der Waals surface area (Å²) >= 11 is 1.73. The molecule has 2 N–H and O–H groups in total. The summed E-state index contributed by atoms with van der Waals surface area (Å²) < 4.78 is 1.65. The number of aliphatic hydroxyl groups excluding tert-OH is 1. The van der Waals surface area contributed by atoms with Gasteiger partial charge in [0.25, 0.3) is 5.56 Å². The van der Waals surface area contributed by atoms with Gasteiger partial charge in [0.1, 0.15) is 11.8 Å². The van der Waals surface area contributed by atoms with Gasteiger partial charge in [0.15, 0.2) is 17.3 Å². The lowest BCUT2D eigenvalue weighted by Gasteiger charge is -2.19. The smallest absolute Gasteiger partial charge is 0.295 e. The first-order valence-electron chi connectivity index (χ1n) is 13.0. The van der Waals surface area contributed by atoms with Crippen LogP contribution in [-0.4, -0.2) is 45.3 Å². The maximum absolute atomic E-state index is 13.7. The zero-order valence-electron chi connectivity index (χ0n) is 22.1. The number of nitrogens with one attached hydrogen (secondary N) is 1. The Bertz CT molecular complexity index is 1520. The van der Waals surface area contributed by atoms with Crippen LogP contribution in [0.3, 0.4) is 0 Å². The lowest BCUT2D eigenvalue weighted by molar-refractivity contribution is 0.278. The lowest BCUT2D eigenvalue weighted by atomic mass is 10.1. The molecule has 10 nitrogen and oxygen atoms in total. The van der Waals surface area contributed by atoms with Gasteiger partial charge in [-0.1, -0.05) is 13.8 Å². The highest BCUT2D eigenvalue weighted by Crippen LogP contribution is 2.43. The molecule has 1 aliphatic rings. The highest BCUT2D eigenvalue weighted by Gasteiger charge is 2.31. The molecule has 0 bridgehead atoms. The zero-order valence-corrected chi connectivity index (χ0v) is 22.9. The minimum Gasteiger partial charge on any atom is -0.390 e. The summed E-state index contributed by atoms with van der Waals surface area (Å²) in [7, 11) is 0. The van der Waals surface area contributed by atoms with Crippen LogP contribution in [0.4, 0.5) is 5.82 Å². The summed E-state index contributed by atoms with van der Waals surface area (Å²) in [5.74, 6) is 1.92. The number of thioether (sulfide) groups is 1. The maximum Gasteiger partial charge on any atom is 0.295 e. The monoisotopic (exact) mass is 532 g/mol. The summed E-state index contributed by atoms with van der Waals surface area (Å²) in [5.41, 5.74) is 4.12. The van der Waals surface area contributed by atoms with Gasteiger partial charge >= 0.3 is 0 Å². The van der Waals surface area contributed by atoms with Crippen LogP contribution in [0.5, 0.6) is 0 Å². The Morgan fingerprint density at radius 2 is 1.97 bits per heavy atom. The number of aliphatic hydroxyl groups is 1. The molecule has 11 heteroatoms. The van der Waals surface area contributed by atoms with E-state index in [0.29, 0.717) is 41.6 Å². The molecule has 0 radical (unpaired) electrons. The van der Waals surface area contributed by atoms with Crippen molar-refractivity contribution in [3.8, 4) is 11.4 Å². The van der Waals surface area contributed by atoms with Crippen LogP contribution in [0.15, 0.2) is 34.3 Å². The van der Waals surface area contributed by atoms with Gasteiger partial charge in [0, 0.05) is 23.1 Å². The topological polar surface area (TPSA) is 132 Å². The molecule has 0 aromatic carbocycles. The van der Waals surface area contributed by atoms with Crippen LogP contribution < -0.4 is 10.9 Å². The molecule has 0 spiro atoms. The molecule has 38 heavy (non-hydrogen) atoms. The first-order valence-corrected chi connectivity index (χ1v) is 14.0. The van der Waals surface area contributed by atoms with Crippen LogP contribution >= 0.6 is 11.8 Å². The van der Waals surface area contributed by atoms with E-state index in [1.54, 1.807) is 22.7 Å². The average molecular weight is 533 g/mol. The number of rotatable bonds is 10. The highest BCUT2D eigenvalue weighted by atomic mass is 32.2. The van der Waals surface area contributed by atoms with Crippen molar-refractivity contribution in [2.75, 3.05) is 11.1 Å². The third-order valence-electron chi connectivity index (χ3n) is 6.79. The first kappa shape index (κ1) is 26.2. The van der Waals surface area contributed by atoms with Crippen molar-refractivity contribution in [1.82, 2.24) is 34.5 Å². The number of anilines is 1. The molecule has 198 valence electrons. The third-order valence-corrected chi connectivity index (χ3v) is 7.66. The van der Waals surface area contributed by atoms with Gasteiger partial charge in [0.2, 0.25) is 0 Å². The predicted octanol–water partition coefficient (Wildman–Crippen LogP) is 4.41. The van der Waals surface area contributed by atoms with Gasteiger partial charge in [-0.05, 0) is 51.0 Å². The lowest BCUT2D eigenvalue weighted by Crippen LogP contribution is -2.29. The average Bonchev–Trinajstić information content (AvgIpc) is 3.77. The number of hydrogen-bond donors (Lipinski definition) is 2. The molecule has 0 unspecified atom stereocenters. The SMILES string of the molecule is CCSc1ccc(CNc2nc3c(CO)nc(-c4c(C)ncnc4C4CC4)nc3n([C@H](C)CC)c2=O)nc1. The summed E-state index contributed by atoms with van der Waals surface area (Å²) in [6.45, 7) is 7.99. The summed E-state index contributed by atoms with van der Waals surface area (Å²) in [6, 6.07) is 3.81. The molecule has 5 rings (SSSR count). The van der Waals surface area contributed by atoms with Crippen molar-refractivity contribution in [3.05, 3.63) is 57.8 Å². The number of fused-ring (bicyclic) bond motifs is 1. The fourth-order valence-corrected chi connectivity index (χ4v) is 5.07. The Kier molecular flexibility index (Phi) is 7.66. The second-order valence-corrected chi connectivity index (χ2v) is 10.8. The largest absolute Gasteiger partial charge is 0.390 e. The van der Waals surface area contributed by atoms with Crippen molar-refractivity contribution in [3.63, 3.8) is 0 Å². The molecule has 1 saturated carbocycles. The Balaban J connectivity index is 1.62. The second kappa shape index (κ2) is 11.1. The summed E-state index contributed by atoms with van der Waals surface area (Å²) in [5, 5.41) is 13.5. The first-order chi connectivity index (χ1) is 18.4. The summed E-state index contributed by atoms with van der Waals surface area (Å²) in [6.07, 6.45) is 6.24. The van der Waals surface area contributed by atoms with Gasteiger partial charge in [0.05, 0.1) is 41.5 Å². The highest BCUT2D eigenvalue weighted by molar-refractivity contribution is 7.99. The minimum atomic E-state index is -0.346. The van der Waals surface area contributed by atoms with Crippen LogP contribution in [0.2, 0.25) is 0 Å². The van der Waals surface area contributed by atoms with E-state index in [9.17, 15) is 9.90 Å². The quantitative estimate of drug-likeness (QED) is 0.283.